The molecule has 2 heterocycles. The Kier molecular flexibility index (Phi) is 3.91. The molecule has 0 aromatic heterocycles. The first-order valence-electron chi connectivity index (χ1n) is 7.71. The summed E-state index contributed by atoms with van der Waals surface area (Å²) in [5.74, 6) is 1.03. The third kappa shape index (κ3) is 2.75. The minimum absolute atomic E-state index is 0.118. The van der Waals surface area contributed by atoms with Crippen molar-refractivity contribution < 1.29 is 22.6 Å². The maximum Gasteiger partial charge on any atom is 0.243 e. The number of ether oxygens (including phenoxy) is 3. The van der Waals surface area contributed by atoms with Crippen molar-refractivity contribution in [3.05, 3.63) is 54.1 Å². The van der Waals surface area contributed by atoms with Crippen molar-refractivity contribution in [3.8, 4) is 11.5 Å². The van der Waals surface area contributed by atoms with E-state index in [4.69, 9.17) is 14.2 Å². The lowest BCUT2D eigenvalue weighted by Gasteiger charge is -2.32. The molecule has 0 saturated carbocycles. The predicted molar refractivity (Wildman–Crippen MR) is 86.5 cm³/mol. The standard InChI is InChI=1S/C17H17NO5S/c19-24(20,14-6-7-15-16(10-14)23-12-22-15)18-8-9-21-17(11-18)13-4-2-1-3-5-13/h1-7,10,17H,8-9,11-12H2. The second-order valence-electron chi connectivity index (χ2n) is 5.65. The molecule has 1 atom stereocenters. The van der Waals surface area contributed by atoms with Gasteiger partial charge in [-0.3, -0.25) is 0 Å². The smallest absolute Gasteiger partial charge is 0.243 e. The summed E-state index contributed by atoms with van der Waals surface area (Å²) in [5, 5.41) is 0. The fourth-order valence-electron chi connectivity index (χ4n) is 2.90. The van der Waals surface area contributed by atoms with Gasteiger partial charge in [0.2, 0.25) is 16.8 Å². The molecule has 2 aromatic carbocycles. The molecule has 1 unspecified atom stereocenters. The van der Waals surface area contributed by atoms with Gasteiger partial charge in [0.05, 0.1) is 17.6 Å². The van der Waals surface area contributed by atoms with Gasteiger partial charge in [-0.2, -0.15) is 4.31 Å². The number of benzene rings is 2. The monoisotopic (exact) mass is 347 g/mol. The highest BCUT2D eigenvalue weighted by atomic mass is 32.2. The molecule has 2 aromatic rings. The summed E-state index contributed by atoms with van der Waals surface area (Å²) in [7, 11) is -3.61. The summed E-state index contributed by atoms with van der Waals surface area (Å²) in [4.78, 5) is 0.209. The maximum atomic E-state index is 12.9. The molecule has 0 aliphatic carbocycles. The van der Waals surface area contributed by atoms with Gasteiger partial charge < -0.3 is 14.2 Å². The molecule has 0 N–H and O–H groups in total. The lowest BCUT2D eigenvalue weighted by atomic mass is 10.1. The lowest BCUT2D eigenvalue weighted by Crippen LogP contribution is -2.42. The zero-order valence-electron chi connectivity index (χ0n) is 12.9. The molecule has 7 heteroatoms. The average Bonchev–Trinajstić information content (AvgIpc) is 3.10. The van der Waals surface area contributed by atoms with E-state index < -0.39 is 10.0 Å². The van der Waals surface area contributed by atoms with Crippen LogP contribution in [0.4, 0.5) is 0 Å². The van der Waals surface area contributed by atoms with Crippen LogP contribution in [0.3, 0.4) is 0 Å². The fraction of sp³-hybridized carbons (Fsp3) is 0.294. The number of nitrogens with zero attached hydrogens (tertiary/aromatic N) is 1. The van der Waals surface area contributed by atoms with Crippen LogP contribution >= 0.6 is 0 Å². The SMILES string of the molecule is O=S(=O)(c1ccc2c(c1)OCO2)N1CCOC(c2ccccc2)C1. The van der Waals surface area contributed by atoms with Crippen LogP contribution in [-0.2, 0) is 14.8 Å². The van der Waals surface area contributed by atoms with Crippen molar-refractivity contribution in [1.29, 1.82) is 0 Å². The van der Waals surface area contributed by atoms with Crippen LogP contribution in [0.1, 0.15) is 11.7 Å². The molecular weight excluding hydrogens is 330 g/mol. The van der Waals surface area contributed by atoms with Gasteiger partial charge in [0.1, 0.15) is 0 Å². The van der Waals surface area contributed by atoms with Gasteiger partial charge in [0, 0.05) is 19.2 Å². The van der Waals surface area contributed by atoms with Crippen molar-refractivity contribution >= 4 is 10.0 Å². The first-order chi connectivity index (χ1) is 11.6. The van der Waals surface area contributed by atoms with E-state index in [1.807, 2.05) is 30.3 Å². The number of sulfonamides is 1. The molecule has 0 amide bonds. The van der Waals surface area contributed by atoms with E-state index in [1.54, 1.807) is 12.1 Å². The molecule has 126 valence electrons. The van der Waals surface area contributed by atoms with E-state index >= 15 is 0 Å². The van der Waals surface area contributed by atoms with E-state index in [0.717, 1.165) is 5.56 Å². The lowest BCUT2D eigenvalue weighted by molar-refractivity contribution is -0.00255. The predicted octanol–water partition coefficient (Wildman–Crippen LogP) is 2.18. The highest BCUT2D eigenvalue weighted by Crippen LogP contribution is 2.35. The van der Waals surface area contributed by atoms with E-state index in [2.05, 4.69) is 0 Å². The second-order valence-corrected chi connectivity index (χ2v) is 7.59. The van der Waals surface area contributed by atoms with Gasteiger partial charge in [-0.1, -0.05) is 30.3 Å². The molecule has 1 saturated heterocycles. The van der Waals surface area contributed by atoms with Gasteiger partial charge in [-0.15, -0.1) is 0 Å². The minimum Gasteiger partial charge on any atom is -0.454 e. The van der Waals surface area contributed by atoms with Crippen LogP contribution < -0.4 is 9.47 Å². The van der Waals surface area contributed by atoms with Crippen LogP contribution in [0, 0.1) is 0 Å². The molecule has 2 aliphatic rings. The van der Waals surface area contributed by atoms with Gasteiger partial charge in [-0.25, -0.2) is 8.42 Å². The summed E-state index contributed by atoms with van der Waals surface area (Å²) in [6.45, 7) is 1.11. The second kappa shape index (κ2) is 6.08. The highest BCUT2D eigenvalue weighted by molar-refractivity contribution is 7.89. The van der Waals surface area contributed by atoms with E-state index in [9.17, 15) is 8.42 Å². The van der Waals surface area contributed by atoms with Crippen LogP contribution in [0.15, 0.2) is 53.4 Å². The Morgan fingerprint density at radius 1 is 1.00 bits per heavy atom. The maximum absolute atomic E-state index is 12.9. The van der Waals surface area contributed by atoms with Crippen molar-refractivity contribution in [2.45, 2.75) is 11.0 Å². The normalized spacial score (nSPS) is 20.9. The van der Waals surface area contributed by atoms with Crippen molar-refractivity contribution in [1.82, 2.24) is 4.31 Å². The summed E-state index contributed by atoms with van der Waals surface area (Å²) in [5.41, 5.74) is 0.975. The average molecular weight is 347 g/mol. The summed E-state index contributed by atoms with van der Waals surface area (Å²) in [6, 6.07) is 14.4. The Morgan fingerprint density at radius 2 is 1.79 bits per heavy atom. The number of hydrogen-bond donors (Lipinski definition) is 0. The van der Waals surface area contributed by atoms with E-state index in [0.29, 0.717) is 31.2 Å². The largest absolute Gasteiger partial charge is 0.454 e. The Balaban J connectivity index is 1.60. The molecule has 0 spiro atoms. The third-order valence-corrected chi connectivity index (χ3v) is 6.04. The highest BCUT2D eigenvalue weighted by Gasteiger charge is 2.32. The summed E-state index contributed by atoms with van der Waals surface area (Å²) in [6.07, 6.45) is -0.260. The molecule has 1 fully saturated rings. The van der Waals surface area contributed by atoms with E-state index in [1.165, 1.54) is 10.4 Å². The van der Waals surface area contributed by atoms with Gasteiger partial charge in [-0.05, 0) is 17.7 Å². The molecular formula is C17H17NO5S. The Hall–Kier alpha value is -2.09. The summed E-state index contributed by atoms with van der Waals surface area (Å²) >= 11 is 0. The number of fused-ring (bicyclic) bond motifs is 1. The zero-order chi connectivity index (χ0) is 16.6. The molecule has 0 bridgehead atoms. The molecule has 24 heavy (non-hydrogen) atoms. The zero-order valence-corrected chi connectivity index (χ0v) is 13.7. The summed E-state index contributed by atoms with van der Waals surface area (Å²) < 4.78 is 43.6. The van der Waals surface area contributed by atoms with Crippen molar-refractivity contribution in [3.63, 3.8) is 0 Å². The minimum atomic E-state index is -3.61. The van der Waals surface area contributed by atoms with Gasteiger partial charge >= 0.3 is 0 Å². The van der Waals surface area contributed by atoms with E-state index in [-0.39, 0.29) is 17.8 Å². The topological polar surface area (TPSA) is 65.1 Å². The Bertz CT molecular complexity index is 837. The van der Waals surface area contributed by atoms with Crippen molar-refractivity contribution in [2.75, 3.05) is 26.5 Å². The number of morpholine rings is 1. The van der Waals surface area contributed by atoms with Crippen LogP contribution in [-0.4, -0.2) is 39.2 Å². The third-order valence-electron chi connectivity index (χ3n) is 4.18. The first kappa shape index (κ1) is 15.4. The Morgan fingerprint density at radius 3 is 2.62 bits per heavy atom. The van der Waals surface area contributed by atoms with Gasteiger partial charge in [0.25, 0.3) is 0 Å². The molecule has 0 radical (unpaired) electrons. The fourth-order valence-corrected chi connectivity index (χ4v) is 4.34. The molecule has 4 rings (SSSR count). The van der Waals surface area contributed by atoms with Crippen LogP contribution in [0.25, 0.3) is 0 Å². The quantitative estimate of drug-likeness (QED) is 0.851. The Labute approximate surface area is 140 Å². The van der Waals surface area contributed by atoms with Gasteiger partial charge in [0.15, 0.2) is 11.5 Å². The van der Waals surface area contributed by atoms with Crippen LogP contribution in [0.5, 0.6) is 11.5 Å². The van der Waals surface area contributed by atoms with Crippen LogP contribution in [0.2, 0.25) is 0 Å². The number of rotatable bonds is 3. The number of hydrogen-bond acceptors (Lipinski definition) is 5. The first-order valence-corrected chi connectivity index (χ1v) is 9.15. The molecule has 2 aliphatic heterocycles. The molecule has 6 nitrogen and oxygen atoms in total. The van der Waals surface area contributed by atoms with Crippen molar-refractivity contribution in [2.24, 2.45) is 0 Å².